The number of carbonyl (C=O) groups is 2. The molecule has 0 radical (unpaired) electrons. The van der Waals surface area contributed by atoms with Crippen LogP contribution in [0, 0.1) is 5.92 Å². The van der Waals surface area contributed by atoms with Crippen LogP contribution in [0.2, 0.25) is 0 Å². The summed E-state index contributed by atoms with van der Waals surface area (Å²) in [5.74, 6) is -0.572. The maximum absolute atomic E-state index is 13.2. The van der Waals surface area contributed by atoms with E-state index in [0.717, 1.165) is 18.4 Å². The minimum absolute atomic E-state index is 0.0161. The predicted octanol–water partition coefficient (Wildman–Crippen LogP) is 2.27. The summed E-state index contributed by atoms with van der Waals surface area (Å²) in [5, 5.41) is 9.13. The van der Waals surface area contributed by atoms with Crippen LogP contribution < -0.4 is 0 Å². The molecular formula is C18H23NO4. The van der Waals surface area contributed by atoms with Crippen molar-refractivity contribution in [1.29, 1.82) is 0 Å². The third-order valence-electron chi connectivity index (χ3n) is 4.92. The Bertz CT molecular complexity index is 570. The lowest BCUT2D eigenvalue weighted by molar-refractivity contribution is -0.140. The van der Waals surface area contributed by atoms with Gasteiger partial charge in [-0.2, -0.15) is 0 Å². The van der Waals surface area contributed by atoms with Crippen molar-refractivity contribution >= 4 is 11.9 Å². The second kappa shape index (κ2) is 6.71. The molecule has 1 aliphatic heterocycles. The molecule has 1 N–H and O–H groups in total. The highest BCUT2D eigenvalue weighted by molar-refractivity contribution is 5.85. The third-order valence-corrected chi connectivity index (χ3v) is 4.92. The number of carbonyl (C=O) groups excluding carboxylic acids is 1. The Morgan fingerprint density at radius 1 is 1.30 bits per heavy atom. The van der Waals surface area contributed by atoms with Crippen LogP contribution in [0.15, 0.2) is 30.3 Å². The van der Waals surface area contributed by atoms with Crippen LogP contribution in [0.5, 0.6) is 0 Å². The van der Waals surface area contributed by atoms with Crippen molar-refractivity contribution in [2.24, 2.45) is 5.92 Å². The number of amides is 1. The van der Waals surface area contributed by atoms with Crippen LogP contribution in [-0.2, 0) is 14.3 Å². The number of methoxy groups -OCH3 is 1. The minimum Gasteiger partial charge on any atom is -0.481 e. The standard InChI is InChI=1S/C18H23NO4/c1-23-15-9-14(10-16(20)21)19(11-15)18(22)17(13-7-8-13)12-5-3-2-4-6-12/h2-6,13-15,17H,7-11H2,1H3,(H,20,21). The van der Waals surface area contributed by atoms with E-state index in [1.165, 1.54) is 0 Å². The predicted molar refractivity (Wildman–Crippen MR) is 85.1 cm³/mol. The number of hydrogen-bond donors (Lipinski definition) is 1. The topological polar surface area (TPSA) is 66.8 Å². The van der Waals surface area contributed by atoms with E-state index < -0.39 is 5.97 Å². The summed E-state index contributed by atoms with van der Waals surface area (Å²) in [6.45, 7) is 0.489. The van der Waals surface area contributed by atoms with Gasteiger partial charge in [-0.15, -0.1) is 0 Å². The molecule has 3 rings (SSSR count). The van der Waals surface area contributed by atoms with Crippen molar-refractivity contribution in [1.82, 2.24) is 4.90 Å². The summed E-state index contributed by atoms with van der Waals surface area (Å²) in [7, 11) is 1.62. The molecule has 1 amide bonds. The van der Waals surface area contributed by atoms with Gasteiger partial charge in [0.1, 0.15) is 0 Å². The molecule has 2 fully saturated rings. The van der Waals surface area contributed by atoms with E-state index in [4.69, 9.17) is 9.84 Å². The number of rotatable bonds is 6. The van der Waals surface area contributed by atoms with E-state index in [0.29, 0.717) is 18.9 Å². The van der Waals surface area contributed by atoms with Crippen molar-refractivity contribution in [3.05, 3.63) is 35.9 Å². The quantitative estimate of drug-likeness (QED) is 0.874. The van der Waals surface area contributed by atoms with Crippen LogP contribution in [-0.4, -0.2) is 47.7 Å². The van der Waals surface area contributed by atoms with Gasteiger partial charge in [-0.05, 0) is 30.7 Å². The summed E-state index contributed by atoms with van der Waals surface area (Å²) in [4.78, 5) is 26.0. The molecule has 5 heteroatoms. The fourth-order valence-corrected chi connectivity index (χ4v) is 3.59. The highest BCUT2D eigenvalue weighted by Gasteiger charge is 2.44. The van der Waals surface area contributed by atoms with Gasteiger partial charge in [-0.25, -0.2) is 0 Å². The molecule has 3 atom stereocenters. The molecule has 0 bridgehead atoms. The van der Waals surface area contributed by atoms with E-state index in [-0.39, 0.29) is 30.4 Å². The fraction of sp³-hybridized carbons (Fsp3) is 0.556. The van der Waals surface area contributed by atoms with Gasteiger partial charge in [0.15, 0.2) is 0 Å². The molecule has 23 heavy (non-hydrogen) atoms. The second-order valence-electron chi connectivity index (χ2n) is 6.56. The highest BCUT2D eigenvalue weighted by atomic mass is 16.5. The van der Waals surface area contributed by atoms with Gasteiger partial charge in [0.05, 0.1) is 18.4 Å². The Kier molecular flexibility index (Phi) is 4.66. The maximum Gasteiger partial charge on any atom is 0.305 e. The van der Waals surface area contributed by atoms with Gasteiger partial charge in [-0.3, -0.25) is 9.59 Å². The van der Waals surface area contributed by atoms with E-state index in [1.54, 1.807) is 12.0 Å². The second-order valence-corrected chi connectivity index (χ2v) is 6.56. The zero-order chi connectivity index (χ0) is 16.4. The van der Waals surface area contributed by atoms with E-state index in [2.05, 4.69) is 0 Å². The van der Waals surface area contributed by atoms with E-state index >= 15 is 0 Å². The Morgan fingerprint density at radius 3 is 2.57 bits per heavy atom. The Balaban J connectivity index is 1.82. The Hall–Kier alpha value is -1.88. The van der Waals surface area contributed by atoms with Gasteiger partial charge < -0.3 is 14.7 Å². The van der Waals surface area contributed by atoms with Gasteiger partial charge in [0, 0.05) is 19.7 Å². The van der Waals surface area contributed by atoms with Crippen molar-refractivity contribution in [2.75, 3.05) is 13.7 Å². The molecule has 1 heterocycles. The summed E-state index contributed by atoms with van der Waals surface area (Å²) in [5.41, 5.74) is 1.04. The molecule has 124 valence electrons. The molecular weight excluding hydrogens is 294 g/mol. The first kappa shape index (κ1) is 16.0. The lowest BCUT2D eigenvalue weighted by atomic mass is 9.92. The van der Waals surface area contributed by atoms with Gasteiger partial charge in [0.25, 0.3) is 0 Å². The fourth-order valence-electron chi connectivity index (χ4n) is 3.59. The number of likely N-dealkylation sites (tertiary alicyclic amines) is 1. The SMILES string of the molecule is COC1CC(CC(=O)O)N(C(=O)C(c2ccccc2)C2CC2)C1. The minimum atomic E-state index is -0.868. The first-order valence-electron chi connectivity index (χ1n) is 8.20. The molecule has 1 aliphatic carbocycles. The zero-order valence-electron chi connectivity index (χ0n) is 13.4. The Labute approximate surface area is 136 Å². The summed E-state index contributed by atoms with van der Waals surface area (Å²) in [6.07, 6.45) is 2.64. The summed E-state index contributed by atoms with van der Waals surface area (Å²) in [6, 6.07) is 9.58. The number of carboxylic acid groups (broad SMARTS) is 1. The van der Waals surface area contributed by atoms with E-state index in [1.807, 2.05) is 30.3 Å². The largest absolute Gasteiger partial charge is 0.481 e. The first-order valence-corrected chi connectivity index (χ1v) is 8.20. The van der Waals surface area contributed by atoms with Crippen molar-refractivity contribution in [3.63, 3.8) is 0 Å². The normalized spacial score (nSPS) is 25.3. The van der Waals surface area contributed by atoms with Crippen LogP contribution in [0.3, 0.4) is 0 Å². The molecule has 5 nitrogen and oxygen atoms in total. The average Bonchev–Trinajstić information content (AvgIpc) is 3.28. The van der Waals surface area contributed by atoms with Crippen LogP contribution in [0.4, 0.5) is 0 Å². The Morgan fingerprint density at radius 2 is 2.00 bits per heavy atom. The number of nitrogens with zero attached hydrogens (tertiary/aromatic N) is 1. The smallest absolute Gasteiger partial charge is 0.305 e. The van der Waals surface area contributed by atoms with Crippen LogP contribution in [0.25, 0.3) is 0 Å². The van der Waals surface area contributed by atoms with Crippen LogP contribution in [0.1, 0.15) is 37.2 Å². The molecule has 0 spiro atoms. The molecule has 3 unspecified atom stereocenters. The number of carboxylic acids is 1. The highest BCUT2D eigenvalue weighted by Crippen LogP contribution is 2.44. The van der Waals surface area contributed by atoms with Gasteiger partial charge in [-0.1, -0.05) is 30.3 Å². The summed E-state index contributed by atoms with van der Waals surface area (Å²) < 4.78 is 5.38. The molecule has 1 aromatic carbocycles. The number of aliphatic carboxylic acids is 1. The lowest BCUT2D eigenvalue weighted by Gasteiger charge is -2.28. The van der Waals surface area contributed by atoms with Crippen molar-refractivity contribution in [3.8, 4) is 0 Å². The van der Waals surface area contributed by atoms with Gasteiger partial charge in [0.2, 0.25) is 5.91 Å². The third kappa shape index (κ3) is 3.55. The van der Waals surface area contributed by atoms with E-state index in [9.17, 15) is 9.59 Å². The van der Waals surface area contributed by atoms with Crippen molar-refractivity contribution in [2.45, 2.75) is 43.7 Å². The average molecular weight is 317 g/mol. The summed E-state index contributed by atoms with van der Waals surface area (Å²) >= 11 is 0. The molecule has 1 saturated heterocycles. The molecule has 1 aromatic rings. The monoisotopic (exact) mass is 317 g/mol. The van der Waals surface area contributed by atoms with Crippen LogP contribution >= 0.6 is 0 Å². The zero-order valence-corrected chi connectivity index (χ0v) is 13.4. The first-order chi connectivity index (χ1) is 11.1. The van der Waals surface area contributed by atoms with Gasteiger partial charge >= 0.3 is 5.97 Å². The molecule has 2 aliphatic rings. The molecule has 1 saturated carbocycles. The maximum atomic E-state index is 13.2. The number of ether oxygens (including phenoxy) is 1. The molecule has 0 aromatic heterocycles. The van der Waals surface area contributed by atoms with Crippen molar-refractivity contribution < 1.29 is 19.4 Å². The number of benzene rings is 1. The lowest BCUT2D eigenvalue weighted by Crippen LogP contribution is -2.41. The number of hydrogen-bond acceptors (Lipinski definition) is 3.